The van der Waals surface area contributed by atoms with E-state index in [1.54, 1.807) is 30.3 Å². The largest absolute Gasteiger partial charge is 0.354 e. The molecular formula is C30H35Cl2N3O4S. The summed E-state index contributed by atoms with van der Waals surface area (Å²) in [5.74, 6) is -0.849. The summed E-state index contributed by atoms with van der Waals surface area (Å²) >= 11 is 12.4. The zero-order chi connectivity index (χ0) is 29.4. The predicted octanol–water partition coefficient (Wildman–Crippen LogP) is 5.54. The van der Waals surface area contributed by atoms with Gasteiger partial charge in [-0.1, -0.05) is 72.6 Å². The maximum absolute atomic E-state index is 14.1. The quantitative estimate of drug-likeness (QED) is 0.294. The van der Waals surface area contributed by atoms with Gasteiger partial charge < -0.3 is 10.2 Å². The smallest absolute Gasteiger partial charge is 0.244 e. The maximum Gasteiger partial charge on any atom is 0.244 e. The standard InChI is InChI=1S/C30H35Cl2N3O4S/c1-5-15-33-30(37)28(18-23-9-7-6-8-10-23)34(19-24-12-14-26(31)27(32)17-24)29(36)20-35(40(4,38)39)25-13-11-21(2)22(3)16-25/h6-14,16-17,28H,5,15,18-20H2,1-4H3,(H,33,37). The number of nitrogens with one attached hydrogen (secondary N) is 1. The van der Waals surface area contributed by atoms with Gasteiger partial charge in [0.1, 0.15) is 12.6 Å². The predicted molar refractivity (Wildman–Crippen MR) is 162 cm³/mol. The summed E-state index contributed by atoms with van der Waals surface area (Å²) in [5, 5.41) is 3.59. The zero-order valence-electron chi connectivity index (χ0n) is 23.2. The minimum atomic E-state index is -3.83. The third kappa shape index (κ3) is 8.46. The highest BCUT2D eigenvalue weighted by molar-refractivity contribution is 7.92. The van der Waals surface area contributed by atoms with Crippen LogP contribution in [0.2, 0.25) is 10.0 Å². The lowest BCUT2D eigenvalue weighted by Gasteiger charge is -2.33. The number of amides is 2. The van der Waals surface area contributed by atoms with E-state index in [4.69, 9.17) is 23.2 Å². The summed E-state index contributed by atoms with van der Waals surface area (Å²) in [6, 6.07) is 18.7. The van der Waals surface area contributed by atoms with Crippen LogP contribution in [0.15, 0.2) is 66.7 Å². The van der Waals surface area contributed by atoms with Gasteiger partial charge in [0.2, 0.25) is 21.8 Å². The van der Waals surface area contributed by atoms with Crippen molar-refractivity contribution in [2.45, 2.75) is 46.2 Å². The monoisotopic (exact) mass is 603 g/mol. The number of aryl methyl sites for hydroxylation is 2. The van der Waals surface area contributed by atoms with Crippen LogP contribution in [0.4, 0.5) is 5.69 Å². The Bertz CT molecular complexity index is 1450. The van der Waals surface area contributed by atoms with E-state index in [1.165, 1.54) is 4.90 Å². The first kappa shape index (κ1) is 31.5. The Labute approximate surface area is 247 Å². The van der Waals surface area contributed by atoms with Crippen LogP contribution in [-0.4, -0.2) is 50.5 Å². The fourth-order valence-corrected chi connectivity index (χ4v) is 5.41. The number of rotatable bonds is 12. The van der Waals surface area contributed by atoms with Crippen molar-refractivity contribution in [2.75, 3.05) is 23.7 Å². The van der Waals surface area contributed by atoms with E-state index in [-0.39, 0.29) is 18.9 Å². The average molecular weight is 605 g/mol. The molecule has 214 valence electrons. The first-order chi connectivity index (χ1) is 18.9. The zero-order valence-corrected chi connectivity index (χ0v) is 25.5. The van der Waals surface area contributed by atoms with Crippen molar-refractivity contribution in [3.05, 3.63) is 99.0 Å². The number of carbonyl (C=O) groups is 2. The van der Waals surface area contributed by atoms with Crippen LogP contribution in [0.3, 0.4) is 0 Å². The molecule has 0 aliphatic rings. The molecule has 0 fully saturated rings. The molecule has 3 aromatic carbocycles. The summed E-state index contributed by atoms with van der Waals surface area (Å²) in [6.07, 6.45) is 2.03. The number of carbonyl (C=O) groups excluding carboxylic acids is 2. The van der Waals surface area contributed by atoms with Crippen molar-refractivity contribution >= 4 is 50.7 Å². The second-order valence-electron chi connectivity index (χ2n) is 9.80. The summed E-state index contributed by atoms with van der Waals surface area (Å²) < 4.78 is 26.9. The van der Waals surface area contributed by atoms with E-state index in [1.807, 2.05) is 57.2 Å². The molecule has 1 unspecified atom stereocenters. The van der Waals surface area contributed by atoms with Crippen LogP contribution in [0, 0.1) is 13.8 Å². The van der Waals surface area contributed by atoms with Crippen molar-refractivity contribution in [1.82, 2.24) is 10.2 Å². The Morgan fingerprint density at radius 1 is 0.900 bits per heavy atom. The highest BCUT2D eigenvalue weighted by Crippen LogP contribution is 2.26. The van der Waals surface area contributed by atoms with Crippen molar-refractivity contribution in [2.24, 2.45) is 0 Å². The topological polar surface area (TPSA) is 86.8 Å². The molecule has 0 saturated carbocycles. The third-order valence-corrected chi connectivity index (χ3v) is 8.49. The van der Waals surface area contributed by atoms with E-state index < -0.39 is 28.5 Å². The second-order valence-corrected chi connectivity index (χ2v) is 12.5. The van der Waals surface area contributed by atoms with Crippen molar-refractivity contribution in [3.8, 4) is 0 Å². The highest BCUT2D eigenvalue weighted by Gasteiger charge is 2.33. The number of benzene rings is 3. The lowest BCUT2D eigenvalue weighted by atomic mass is 10.0. The molecule has 1 N–H and O–H groups in total. The van der Waals surface area contributed by atoms with E-state index in [9.17, 15) is 18.0 Å². The Kier molecular flexibility index (Phi) is 11.0. The molecule has 2 amide bonds. The van der Waals surface area contributed by atoms with E-state index >= 15 is 0 Å². The molecule has 0 radical (unpaired) electrons. The number of sulfonamides is 1. The normalized spacial score (nSPS) is 12.1. The number of anilines is 1. The fourth-order valence-electron chi connectivity index (χ4n) is 4.25. The summed E-state index contributed by atoms with van der Waals surface area (Å²) in [6.45, 7) is 5.74. The fraction of sp³-hybridized carbons (Fsp3) is 0.333. The molecule has 10 heteroatoms. The van der Waals surface area contributed by atoms with Gasteiger partial charge in [-0.05, 0) is 66.8 Å². The first-order valence-electron chi connectivity index (χ1n) is 13.0. The van der Waals surface area contributed by atoms with Gasteiger partial charge in [0.15, 0.2) is 0 Å². The number of nitrogens with zero attached hydrogens (tertiary/aromatic N) is 2. The molecular weight excluding hydrogens is 569 g/mol. The maximum atomic E-state index is 14.1. The molecule has 0 aliphatic carbocycles. The first-order valence-corrected chi connectivity index (χ1v) is 15.6. The molecule has 3 rings (SSSR count). The van der Waals surface area contributed by atoms with Crippen LogP contribution >= 0.6 is 23.2 Å². The molecule has 7 nitrogen and oxygen atoms in total. The van der Waals surface area contributed by atoms with Gasteiger partial charge in [-0.2, -0.15) is 0 Å². The lowest BCUT2D eigenvalue weighted by Crippen LogP contribution is -2.53. The molecule has 40 heavy (non-hydrogen) atoms. The van der Waals surface area contributed by atoms with Crippen molar-refractivity contribution in [3.63, 3.8) is 0 Å². The van der Waals surface area contributed by atoms with Crippen LogP contribution in [0.25, 0.3) is 0 Å². The van der Waals surface area contributed by atoms with Gasteiger partial charge in [0, 0.05) is 19.5 Å². The number of hydrogen-bond donors (Lipinski definition) is 1. The lowest BCUT2D eigenvalue weighted by molar-refractivity contribution is -0.140. The number of hydrogen-bond acceptors (Lipinski definition) is 4. The minimum Gasteiger partial charge on any atom is -0.354 e. The molecule has 0 bridgehead atoms. The van der Waals surface area contributed by atoms with E-state index in [0.717, 1.165) is 33.7 Å². The Hall–Kier alpha value is -3.07. The molecule has 3 aromatic rings. The average Bonchev–Trinajstić information content (AvgIpc) is 2.91. The molecule has 0 aromatic heterocycles. The molecule has 0 heterocycles. The van der Waals surface area contributed by atoms with E-state index in [0.29, 0.717) is 27.8 Å². The van der Waals surface area contributed by atoms with E-state index in [2.05, 4.69) is 5.32 Å². The molecule has 0 saturated heterocycles. The SMILES string of the molecule is CCCNC(=O)C(Cc1ccccc1)N(Cc1ccc(Cl)c(Cl)c1)C(=O)CN(c1ccc(C)c(C)c1)S(C)(=O)=O. The van der Waals surface area contributed by atoms with Gasteiger partial charge >= 0.3 is 0 Å². The Morgan fingerprint density at radius 2 is 1.60 bits per heavy atom. The molecule has 0 aliphatic heterocycles. The summed E-state index contributed by atoms with van der Waals surface area (Å²) in [4.78, 5) is 29.0. The molecule has 0 spiro atoms. The number of halogens is 2. The van der Waals surface area contributed by atoms with Crippen molar-refractivity contribution in [1.29, 1.82) is 0 Å². The van der Waals surface area contributed by atoms with Crippen molar-refractivity contribution < 1.29 is 18.0 Å². The molecule has 1 atom stereocenters. The summed E-state index contributed by atoms with van der Waals surface area (Å²) in [7, 11) is -3.83. The van der Waals surface area contributed by atoms with Crippen LogP contribution < -0.4 is 9.62 Å². The minimum absolute atomic E-state index is 0.0251. The van der Waals surface area contributed by atoms with Gasteiger partial charge in [-0.25, -0.2) is 8.42 Å². The van der Waals surface area contributed by atoms with Crippen LogP contribution in [-0.2, 0) is 32.6 Å². The van der Waals surface area contributed by atoms with Gasteiger partial charge in [0.25, 0.3) is 0 Å². The Balaban J connectivity index is 2.07. The van der Waals surface area contributed by atoms with Crippen LogP contribution in [0.1, 0.15) is 35.6 Å². The second kappa shape index (κ2) is 14.0. The highest BCUT2D eigenvalue weighted by atomic mass is 35.5. The van der Waals surface area contributed by atoms with Gasteiger partial charge in [-0.3, -0.25) is 13.9 Å². The van der Waals surface area contributed by atoms with Gasteiger partial charge in [-0.15, -0.1) is 0 Å². The van der Waals surface area contributed by atoms with Crippen LogP contribution in [0.5, 0.6) is 0 Å². The summed E-state index contributed by atoms with van der Waals surface area (Å²) in [5.41, 5.74) is 3.79. The van der Waals surface area contributed by atoms with Gasteiger partial charge in [0.05, 0.1) is 22.0 Å². The Morgan fingerprint density at radius 3 is 2.20 bits per heavy atom. The third-order valence-electron chi connectivity index (χ3n) is 6.61.